The zero-order valence-corrected chi connectivity index (χ0v) is 21.5. The minimum atomic E-state index is -2.70. The Kier molecular flexibility index (Phi) is 7.95. The molecule has 6 heteroatoms. The van der Waals surface area contributed by atoms with Gasteiger partial charge in [-0.15, -0.1) is 0 Å². The highest BCUT2D eigenvalue weighted by atomic mass is 28.4. The molecular formula is C27H36O5Si. The second kappa shape index (κ2) is 10.3. The van der Waals surface area contributed by atoms with Crippen molar-refractivity contribution in [1.82, 2.24) is 0 Å². The summed E-state index contributed by atoms with van der Waals surface area (Å²) in [6, 6.07) is 21.0. The smallest absolute Gasteiger partial charge is 0.330 e. The van der Waals surface area contributed by atoms with E-state index in [1.165, 1.54) is 16.4 Å². The Bertz CT molecular complexity index is 894. The maximum Gasteiger partial charge on any atom is 0.330 e. The van der Waals surface area contributed by atoms with Gasteiger partial charge in [-0.05, 0) is 42.3 Å². The van der Waals surface area contributed by atoms with Gasteiger partial charge in [0.15, 0.2) is 5.79 Å². The van der Waals surface area contributed by atoms with Gasteiger partial charge in [0.1, 0.15) is 12.2 Å². The van der Waals surface area contributed by atoms with Crippen LogP contribution in [-0.2, 0) is 23.4 Å². The summed E-state index contributed by atoms with van der Waals surface area (Å²) in [6.07, 6.45) is 2.36. The van der Waals surface area contributed by atoms with E-state index in [4.69, 9.17) is 18.6 Å². The van der Waals surface area contributed by atoms with Gasteiger partial charge in [0.2, 0.25) is 0 Å². The molecule has 0 amide bonds. The molecular weight excluding hydrogens is 432 g/mol. The lowest BCUT2D eigenvalue weighted by Crippen LogP contribution is -2.67. The lowest BCUT2D eigenvalue weighted by molar-refractivity contribution is -0.146. The van der Waals surface area contributed by atoms with Crippen molar-refractivity contribution in [3.63, 3.8) is 0 Å². The Hall–Kier alpha value is -2.25. The summed E-state index contributed by atoms with van der Waals surface area (Å²) < 4.78 is 24.3. The van der Waals surface area contributed by atoms with Gasteiger partial charge < -0.3 is 18.6 Å². The zero-order valence-electron chi connectivity index (χ0n) is 20.5. The molecule has 3 rings (SSSR count). The van der Waals surface area contributed by atoms with E-state index in [1.807, 2.05) is 26.0 Å². The van der Waals surface area contributed by atoms with Gasteiger partial charge >= 0.3 is 5.97 Å². The number of hydrogen-bond donors (Lipinski definition) is 0. The van der Waals surface area contributed by atoms with Gasteiger partial charge in [0, 0.05) is 6.08 Å². The highest BCUT2D eigenvalue weighted by Crippen LogP contribution is 2.38. The van der Waals surface area contributed by atoms with Crippen LogP contribution in [0.25, 0.3) is 0 Å². The number of carbonyl (C=O) groups excluding carboxylic acids is 1. The van der Waals surface area contributed by atoms with E-state index in [2.05, 4.69) is 69.3 Å². The van der Waals surface area contributed by atoms with Crippen molar-refractivity contribution < 1.29 is 23.4 Å². The van der Waals surface area contributed by atoms with Crippen molar-refractivity contribution in [3.8, 4) is 0 Å². The molecule has 1 aliphatic heterocycles. The fourth-order valence-electron chi connectivity index (χ4n) is 4.49. The molecule has 2 atom stereocenters. The van der Waals surface area contributed by atoms with E-state index in [-0.39, 0.29) is 11.1 Å². The van der Waals surface area contributed by atoms with Crippen LogP contribution in [0.1, 0.15) is 41.5 Å². The van der Waals surface area contributed by atoms with Gasteiger partial charge in [0.25, 0.3) is 8.32 Å². The SMILES string of the molecule is CCOC(=O)/C=C/[C@@H]1OC(C)(C)O[C@H]1CO[Si](c1ccccc1)(c1ccccc1)C(C)(C)C. The summed E-state index contributed by atoms with van der Waals surface area (Å²) >= 11 is 0. The summed E-state index contributed by atoms with van der Waals surface area (Å²) in [5, 5.41) is 2.28. The Balaban J connectivity index is 1.95. The van der Waals surface area contributed by atoms with Crippen LogP contribution >= 0.6 is 0 Å². The average Bonchev–Trinajstić information content (AvgIpc) is 3.07. The van der Waals surface area contributed by atoms with Gasteiger partial charge in [-0.1, -0.05) is 81.4 Å². The van der Waals surface area contributed by atoms with Crippen molar-refractivity contribution in [1.29, 1.82) is 0 Å². The molecule has 33 heavy (non-hydrogen) atoms. The van der Waals surface area contributed by atoms with E-state index in [0.717, 1.165) is 0 Å². The molecule has 178 valence electrons. The summed E-state index contributed by atoms with van der Waals surface area (Å²) in [6.45, 7) is 12.9. The maximum absolute atomic E-state index is 11.9. The van der Waals surface area contributed by atoms with Gasteiger partial charge in [-0.3, -0.25) is 0 Å². The molecule has 0 aromatic heterocycles. The monoisotopic (exact) mass is 468 g/mol. The van der Waals surface area contributed by atoms with Crippen LogP contribution < -0.4 is 10.4 Å². The van der Waals surface area contributed by atoms with Crippen LogP contribution in [0.4, 0.5) is 0 Å². The van der Waals surface area contributed by atoms with E-state index >= 15 is 0 Å². The van der Waals surface area contributed by atoms with Gasteiger partial charge in [-0.25, -0.2) is 4.79 Å². The van der Waals surface area contributed by atoms with E-state index in [9.17, 15) is 4.79 Å². The lowest BCUT2D eigenvalue weighted by Gasteiger charge is -2.43. The number of ether oxygens (including phenoxy) is 3. The second-order valence-electron chi connectivity index (χ2n) is 9.72. The Morgan fingerprint density at radius 2 is 1.55 bits per heavy atom. The first-order valence-corrected chi connectivity index (χ1v) is 13.5. The lowest BCUT2D eigenvalue weighted by atomic mass is 10.2. The first-order valence-electron chi connectivity index (χ1n) is 11.5. The number of carbonyl (C=O) groups is 1. The van der Waals surface area contributed by atoms with Crippen LogP contribution in [0.15, 0.2) is 72.8 Å². The van der Waals surface area contributed by atoms with Gasteiger partial charge in [-0.2, -0.15) is 0 Å². The number of benzene rings is 2. The molecule has 1 aliphatic rings. The molecule has 0 bridgehead atoms. The predicted molar refractivity (Wildman–Crippen MR) is 133 cm³/mol. The van der Waals surface area contributed by atoms with Crippen molar-refractivity contribution in [2.24, 2.45) is 0 Å². The van der Waals surface area contributed by atoms with Crippen molar-refractivity contribution in [2.75, 3.05) is 13.2 Å². The van der Waals surface area contributed by atoms with E-state index < -0.39 is 26.2 Å². The Morgan fingerprint density at radius 3 is 2.03 bits per heavy atom. The summed E-state index contributed by atoms with van der Waals surface area (Å²) in [4.78, 5) is 11.9. The summed E-state index contributed by atoms with van der Waals surface area (Å²) in [7, 11) is -2.70. The molecule has 0 saturated carbocycles. The minimum absolute atomic E-state index is 0.138. The standard InChI is InChI=1S/C27H36O5Si/c1-7-29-25(28)19-18-23-24(32-27(5,6)31-23)20-30-33(26(2,3)4,21-14-10-8-11-15-21)22-16-12-9-13-17-22/h8-19,23-24H,7,20H2,1-6H3/b19-18+/t23-,24-/m0/s1. The third-order valence-electron chi connectivity index (χ3n) is 5.81. The number of hydrogen-bond acceptors (Lipinski definition) is 5. The van der Waals surface area contributed by atoms with Crippen molar-refractivity contribution >= 4 is 24.7 Å². The Morgan fingerprint density at radius 1 is 1.00 bits per heavy atom. The minimum Gasteiger partial charge on any atom is -0.463 e. The molecule has 0 unspecified atom stereocenters. The molecule has 0 aliphatic carbocycles. The molecule has 5 nitrogen and oxygen atoms in total. The molecule has 2 aromatic rings. The molecule has 0 N–H and O–H groups in total. The quantitative estimate of drug-likeness (QED) is 0.330. The summed E-state index contributed by atoms with van der Waals surface area (Å²) in [5.74, 6) is -1.17. The fraction of sp³-hybridized carbons (Fsp3) is 0.444. The van der Waals surface area contributed by atoms with Crippen LogP contribution in [0, 0.1) is 0 Å². The summed E-state index contributed by atoms with van der Waals surface area (Å²) in [5.41, 5.74) is 0. The average molecular weight is 469 g/mol. The molecule has 1 heterocycles. The van der Waals surface area contributed by atoms with Gasteiger partial charge in [0.05, 0.1) is 13.2 Å². The largest absolute Gasteiger partial charge is 0.463 e. The zero-order chi connectivity index (χ0) is 24.1. The predicted octanol–water partition coefficient (Wildman–Crippen LogP) is 4.20. The third-order valence-corrected chi connectivity index (χ3v) is 10.8. The van der Waals surface area contributed by atoms with Crippen LogP contribution in [-0.4, -0.2) is 45.5 Å². The fourth-order valence-corrected chi connectivity index (χ4v) is 9.06. The second-order valence-corrected chi connectivity index (χ2v) is 14.0. The third kappa shape index (κ3) is 5.82. The number of esters is 1. The normalized spacial score (nSPS) is 20.8. The first-order chi connectivity index (χ1) is 15.6. The first kappa shape index (κ1) is 25.4. The molecule has 1 fully saturated rings. The Labute approximate surface area is 198 Å². The molecule has 0 radical (unpaired) electrons. The van der Waals surface area contributed by atoms with Crippen LogP contribution in [0.3, 0.4) is 0 Å². The topological polar surface area (TPSA) is 54.0 Å². The maximum atomic E-state index is 11.9. The molecule has 0 spiro atoms. The van der Waals surface area contributed by atoms with E-state index in [1.54, 1.807) is 13.0 Å². The van der Waals surface area contributed by atoms with E-state index in [0.29, 0.717) is 13.2 Å². The molecule has 1 saturated heterocycles. The van der Waals surface area contributed by atoms with Crippen LogP contribution in [0.5, 0.6) is 0 Å². The highest BCUT2D eigenvalue weighted by molar-refractivity contribution is 6.99. The van der Waals surface area contributed by atoms with Crippen LogP contribution in [0.2, 0.25) is 5.04 Å². The van der Waals surface area contributed by atoms with Crippen molar-refractivity contribution in [2.45, 2.75) is 64.6 Å². The molecule has 2 aromatic carbocycles. The van der Waals surface area contributed by atoms with Crippen molar-refractivity contribution in [3.05, 3.63) is 72.8 Å². The highest BCUT2D eigenvalue weighted by Gasteiger charge is 2.51. The number of rotatable bonds is 8.